The first-order valence-corrected chi connectivity index (χ1v) is 7.91. The number of carbonyl (C=O) groups is 2. The molecule has 0 spiro atoms. The van der Waals surface area contributed by atoms with Crippen LogP contribution in [0.1, 0.15) is 17.0 Å². The van der Waals surface area contributed by atoms with Gasteiger partial charge in [0.05, 0.1) is 6.26 Å². The van der Waals surface area contributed by atoms with Crippen LogP contribution in [0, 0.1) is 0 Å². The van der Waals surface area contributed by atoms with Crippen molar-refractivity contribution < 1.29 is 14.0 Å². The second-order valence-electron chi connectivity index (χ2n) is 5.67. The van der Waals surface area contributed by atoms with E-state index in [0.717, 1.165) is 0 Å². The number of rotatable bonds is 3. The monoisotopic (exact) mass is 329 g/mol. The first kappa shape index (κ1) is 16.0. The van der Waals surface area contributed by atoms with Gasteiger partial charge in [-0.05, 0) is 24.6 Å². The third-order valence-corrected chi connectivity index (χ3v) is 4.07. The fourth-order valence-electron chi connectivity index (χ4n) is 2.76. The van der Waals surface area contributed by atoms with Gasteiger partial charge in [-0.1, -0.05) is 6.07 Å². The molecule has 0 unspecified atom stereocenters. The van der Waals surface area contributed by atoms with E-state index in [1.165, 1.54) is 16.9 Å². The molecule has 0 atom stereocenters. The Labute approximate surface area is 139 Å². The SMILES string of the molecule is O=C(Cn1ccccc1=O)N1CCCN(C(=O)c2ccco2)CC1. The first-order valence-electron chi connectivity index (χ1n) is 7.91. The molecule has 24 heavy (non-hydrogen) atoms. The van der Waals surface area contributed by atoms with Crippen molar-refractivity contribution in [1.29, 1.82) is 0 Å². The van der Waals surface area contributed by atoms with Gasteiger partial charge in [-0.2, -0.15) is 0 Å². The lowest BCUT2D eigenvalue weighted by atomic mass is 10.3. The molecular weight excluding hydrogens is 310 g/mol. The molecule has 2 amide bonds. The number of pyridine rings is 1. The third kappa shape index (κ3) is 3.56. The summed E-state index contributed by atoms with van der Waals surface area (Å²) in [5, 5.41) is 0. The minimum Gasteiger partial charge on any atom is -0.459 e. The summed E-state index contributed by atoms with van der Waals surface area (Å²) in [4.78, 5) is 39.8. The van der Waals surface area contributed by atoms with E-state index < -0.39 is 0 Å². The van der Waals surface area contributed by atoms with E-state index in [9.17, 15) is 14.4 Å². The van der Waals surface area contributed by atoms with Gasteiger partial charge in [-0.15, -0.1) is 0 Å². The van der Waals surface area contributed by atoms with E-state index in [0.29, 0.717) is 38.4 Å². The van der Waals surface area contributed by atoms with Crippen LogP contribution in [-0.2, 0) is 11.3 Å². The van der Waals surface area contributed by atoms with Crippen molar-refractivity contribution in [2.45, 2.75) is 13.0 Å². The van der Waals surface area contributed by atoms with Gasteiger partial charge in [0.15, 0.2) is 5.76 Å². The molecule has 0 bridgehead atoms. The molecule has 1 aliphatic heterocycles. The summed E-state index contributed by atoms with van der Waals surface area (Å²) in [6.45, 7) is 2.07. The fraction of sp³-hybridized carbons (Fsp3) is 0.353. The van der Waals surface area contributed by atoms with Crippen molar-refractivity contribution in [3.63, 3.8) is 0 Å². The Hall–Kier alpha value is -2.83. The Balaban J connectivity index is 1.61. The van der Waals surface area contributed by atoms with Gasteiger partial charge in [0.25, 0.3) is 11.5 Å². The van der Waals surface area contributed by atoms with E-state index in [2.05, 4.69) is 0 Å². The zero-order valence-electron chi connectivity index (χ0n) is 13.3. The van der Waals surface area contributed by atoms with Crippen molar-refractivity contribution >= 4 is 11.8 Å². The van der Waals surface area contributed by atoms with Crippen molar-refractivity contribution in [2.75, 3.05) is 26.2 Å². The van der Waals surface area contributed by atoms with Crippen molar-refractivity contribution in [3.05, 3.63) is 58.9 Å². The Kier molecular flexibility index (Phi) is 4.79. The standard InChI is InChI=1S/C17H19N3O4/c21-15-6-1-2-7-20(15)13-16(22)18-8-4-9-19(11-10-18)17(23)14-5-3-12-24-14/h1-3,5-7,12H,4,8-11,13H2. The lowest BCUT2D eigenvalue weighted by molar-refractivity contribution is -0.131. The van der Waals surface area contributed by atoms with Gasteiger partial charge in [0.2, 0.25) is 5.91 Å². The number of carbonyl (C=O) groups excluding carboxylic acids is 2. The molecule has 2 aromatic rings. The largest absolute Gasteiger partial charge is 0.459 e. The van der Waals surface area contributed by atoms with Crippen molar-refractivity contribution in [2.24, 2.45) is 0 Å². The molecule has 7 nitrogen and oxygen atoms in total. The molecule has 2 aromatic heterocycles. The Morgan fingerprint density at radius 2 is 1.79 bits per heavy atom. The highest BCUT2D eigenvalue weighted by molar-refractivity contribution is 5.91. The van der Waals surface area contributed by atoms with Gasteiger partial charge in [-0.3, -0.25) is 14.4 Å². The predicted molar refractivity (Wildman–Crippen MR) is 86.5 cm³/mol. The van der Waals surface area contributed by atoms with Crippen molar-refractivity contribution in [3.8, 4) is 0 Å². The smallest absolute Gasteiger partial charge is 0.289 e. The summed E-state index contributed by atoms with van der Waals surface area (Å²) in [5.74, 6) is 0.0368. The minimum atomic E-state index is -0.199. The first-order chi connectivity index (χ1) is 11.6. The molecule has 1 aliphatic rings. The van der Waals surface area contributed by atoms with Gasteiger partial charge >= 0.3 is 0 Å². The molecule has 1 saturated heterocycles. The van der Waals surface area contributed by atoms with E-state index >= 15 is 0 Å². The average Bonchev–Trinajstić information content (AvgIpc) is 3.00. The Morgan fingerprint density at radius 1 is 1.00 bits per heavy atom. The minimum absolute atomic E-state index is 0.0196. The zero-order valence-corrected chi connectivity index (χ0v) is 13.3. The van der Waals surface area contributed by atoms with Crippen LogP contribution in [0.25, 0.3) is 0 Å². The van der Waals surface area contributed by atoms with Crippen LogP contribution >= 0.6 is 0 Å². The van der Waals surface area contributed by atoms with Crippen LogP contribution in [0.15, 0.2) is 52.0 Å². The van der Waals surface area contributed by atoms with Crippen LogP contribution in [0.2, 0.25) is 0 Å². The molecule has 1 fully saturated rings. The number of hydrogen-bond donors (Lipinski definition) is 0. The van der Waals surface area contributed by atoms with Gasteiger partial charge in [0, 0.05) is 38.4 Å². The summed E-state index contributed by atoms with van der Waals surface area (Å²) >= 11 is 0. The highest BCUT2D eigenvalue weighted by Crippen LogP contribution is 2.10. The molecule has 0 aromatic carbocycles. The van der Waals surface area contributed by atoms with Crippen LogP contribution in [0.4, 0.5) is 0 Å². The van der Waals surface area contributed by atoms with E-state index in [1.54, 1.807) is 40.3 Å². The van der Waals surface area contributed by atoms with Crippen LogP contribution in [-0.4, -0.2) is 52.4 Å². The summed E-state index contributed by atoms with van der Waals surface area (Å²) in [6, 6.07) is 8.12. The average molecular weight is 329 g/mol. The fourth-order valence-corrected chi connectivity index (χ4v) is 2.76. The van der Waals surface area contributed by atoms with Crippen molar-refractivity contribution in [1.82, 2.24) is 14.4 Å². The number of nitrogens with zero attached hydrogens (tertiary/aromatic N) is 3. The molecular formula is C17H19N3O4. The summed E-state index contributed by atoms with van der Waals surface area (Å²) in [7, 11) is 0. The second-order valence-corrected chi connectivity index (χ2v) is 5.67. The molecule has 0 aliphatic carbocycles. The molecule has 0 N–H and O–H groups in total. The lowest BCUT2D eigenvalue weighted by Crippen LogP contribution is -2.39. The van der Waals surface area contributed by atoms with Crippen LogP contribution in [0.5, 0.6) is 0 Å². The van der Waals surface area contributed by atoms with Crippen LogP contribution in [0.3, 0.4) is 0 Å². The molecule has 126 valence electrons. The van der Waals surface area contributed by atoms with E-state index in [4.69, 9.17) is 4.42 Å². The topological polar surface area (TPSA) is 75.8 Å². The number of amides is 2. The maximum atomic E-state index is 12.4. The molecule has 7 heteroatoms. The highest BCUT2D eigenvalue weighted by atomic mass is 16.3. The predicted octanol–water partition coefficient (Wildman–Crippen LogP) is 0.816. The normalized spacial score (nSPS) is 15.2. The maximum absolute atomic E-state index is 12.4. The van der Waals surface area contributed by atoms with Crippen LogP contribution < -0.4 is 5.56 Å². The zero-order chi connectivity index (χ0) is 16.9. The van der Waals surface area contributed by atoms with E-state index in [1.807, 2.05) is 0 Å². The molecule has 0 radical (unpaired) electrons. The maximum Gasteiger partial charge on any atom is 0.289 e. The molecule has 3 rings (SSSR count). The van der Waals surface area contributed by atoms with Gasteiger partial charge in [-0.25, -0.2) is 0 Å². The summed E-state index contributed by atoms with van der Waals surface area (Å²) in [5.41, 5.74) is -0.199. The molecule has 0 saturated carbocycles. The number of aromatic nitrogens is 1. The quantitative estimate of drug-likeness (QED) is 0.835. The second kappa shape index (κ2) is 7.16. The number of furan rings is 1. The molecule has 3 heterocycles. The summed E-state index contributed by atoms with van der Waals surface area (Å²) < 4.78 is 6.53. The highest BCUT2D eigenvalue weighted by Gasteiger charge is 2.24. The Bertz CT molecular complexity index is 766. The lowest BCUT2D eigenvalue weighted by Gasteiger charge is -2.22. The summed E-state index contributed by atoms with van der Waals surface area (Å²) in [6.07, 6.45) is 3.77. The van der Waals surface area contributed by atoms with E-state index in [-0.39, 0.29) is 23.9 Å². The Morgan fingerprint density at radius 3 is 2.54 bits per heavy atom. The third-order valence-electron chi connectivity index (χ3n) is 4.07. The van der Waals surface area contributed by atoms with Gasteiger partial charge < -0.3 is 18.8 Å². The van der Waals surface area contributed by atoms with Gasteiger partial charge in [0.1, 0.15) is 6.54 Å². The number of hydrogen-bond acceptors (Lipinski definition) is 4.